The van der Waals surface area contributed by atoms with E-state index in [9.17, 15) is 14.9 Å². The summed E-state index contributed by atoms with van der Waals surface area (Å²) >= 11 is 0. The number of non-ortho nitro benzene ring substituents is 1. The van der Waals surface area contributed by atoms with Crippen LogP contribution in [0.25, 0.3) is 0 Å². The van der Waals surface area contributed by atoms with Crippen molar-refractivity contribution in [3.05, 3.63) is 51.7 Å². The van der Waals surface area contributed by atoms with Gasteiger partial charge in [0.05, 0.1) is 10.8 Å². The van der Waals surface area contributed by atoms with Crippen molar-refractivity contribution in [3.63, 3.8) is 0 Å². The van der Waals surface area contributed by atoms with Gasteiger partial charge in [0.15, 0.2) is 5.82 Å². The number of piperidine rings is 1. The molecule has 0 aliphatic carbocycles. The summed E-state index contributed by atoms with van der Waals surface area (Å²) < 4.78 is 5.21. The molecular formula is C15H16N4O4. The van der Waals surface area contributed by atoms with Gasteiger partial charge < -0.3 is 9.42 Å². The van der Waals surface area contributed by atoms with E-state index < -0.39 is 4.92 Å². The lowest BCUT2D eigenvalue weighted by atomic mass is 9.97. The highest BCUT2D eigenvalue weighted by atomic mass is 16.6. The third-order valence-electron chi connectivity index (χ3n) is 3.93. The second-order valence-corrected chi connectivity index (χ2v) is 5.57. The maximum Gasteiger partial charge on any atom is 0.269 e. The summed E-state index contributed by atoms with van der Waals surface area (Å²) in [5.74, 6) is 1.04. The molecular weight excluding hydrogens is 300 g/mol. The highest BCUT2D eigenvalue weighted by Crippen LogP contribution is 2.26. The molecule has 1 fully saturated rings. The Morgan fingerprint density at radius 3 is 2.74 bits per heavy atom. The van der Waals surface area contributed by atoms with Crippen molar-refractivity contribution in [1.82, 2.24) is 15.0 Å². The molecule has 1 saturated heterocycles. The topological polar surface area (TPSA) is 102 Å². The average molecular weight is 316 g/mol. The molecule has 1 aromatic heterocycles. The largest absolute Gasteiger partial charge is 0.339 e. The molecule has 2 aromatic rings. The number of likely N-dealkylation sites (tertiary alicyclic amines) is 1. The Morgan fingerprint density at radius 2 is 2.13 bits per heavy atom. The predicted octanol–water partition coefficient (Wildman–Crippen LogP) is 2.31. The normalized spacial score (nSPS) is 18.0. The standard InChI is InChI=1S/C15H16N4O4/c1-10-16-14(23-17-10)12-3-2-8-18(9-12)15(20)11-4-6-13(7-5-11)19(21)22/h4-7,12H,2-3,8-9H2,1H3/t12-/m0/s1. The SMILES string of the molecule is Cc1noc([C@H]2CCCN(C(=O)c3ccc([N+](=O)[O-])cc3)C2)n1. The van der Waals surface area contributed by atoms with Crippen molar-refractivity contribution < 1.29 is 14.2 Å². The number of aromatic nitrogens is 2. The fraction of sp³-hybridized carbons (Fsp3) is 0.400. The number of hydrogen-bond donors (Lipinski definition) is 0. The van der Waals surface area contributed by atoms with Gasteiger partial charge in [0.25, 0.3) is 11.6 Å². The van der Waals surface area contributed by atoms with Crippen molar-refractivity contribution >= 4 is 11.6 Å². The molecule has 0 N–H and O–H groups in total. The first-order valence-electron chi connectivity index (χ1n) is 7.38. The zero-order valence-corrected chi connectivity index (χ0v) is 12.6. The minimum absolute atomic E-state index is 0.0283. The monoisotopic (exact) mass is 316 g/mol. The molecule has 1 aliphatic rings. The number of carbonyl (C=O) groups excluding carboxylic acids is 1. The number of nitro benzene ring substituents is 1. The maximum absolute atomic E-state index is 12.6. The summed E-state index contributed by atoms with van der Waals surface area (Å²) in [6, 6.07) is 5.66. The second kappa shape index (κ2) is 6.15. The van der Waals surface area contributed by atoms with Crippen LogP contribution in [0, 0.1) is 17.0 Å². The van der Waals surface area contributed by atoms with Gasteiger partial charge in [0.1, 0.15) is 0 Å². The maximum atomic E-state index is 12.6. The van der Waals surface area contributed by atoms with Crippen LogP contribution in [-0.4, -0.2) is 39.0 Å². The van der Waals surface area contributed by atoms with E-state index in [4.69, 9.17) is 4.52 Å². The van der Waals surface area contributed by atoms with Crippen molar-refractivity contribution in [2.75, 3.05) is 13.1 Å². The van der Waals surface area contributed by atoms with Crippen LogP contribution in [0.3, 0.4) is 0 Å². The van der Waals surface area contributed by atoms with Gasteiger partial charge in [-0.2, -0.15) is 4.98 Å². The van der Waals surface area contributed by atoms with Gasteiger partial charge in [-0.15, -0.1) is 0 Å². The number of nitro groups is 1. The van der Waals surface area contributed by atoms with Crippen molar-refractivity contribution in [2.45, 2.75) is 25.7 Å². The van der Waals surface area contributed by atoms with E-state index in [1.54, 1.807) is 11.8 Å². The van der Waals surface area contributed by atoms with Crippen LogP contribution < -0.4 is 0 Å². The zero-order valence-electron chi connectivity index (χ0n) is 12.6. The minimum atomic E-state index is -0.483. The highest BCUT2D eigenvalue weighted by Gasteiger charge is 2.28. The first-order chi connectivity index (χ1) is 11.0. The van der Waals surface area contributed by atoms with Crippen LogP contribution in [0.5, 0.6) is 0 Å². The Kier molecular flexibility index (Phi) is 4.05. The number of aryl methyl sites for hydroxylation is 1. The van der Waals surface area contributed by atoms with E-state index in [0.717, 1.165) is 12.8 Å². The van der Waals surface area contributed by atoms with E-state index in [1.807, 2.05) is 0 Å². The minimum Gasteiger partial charge on any atom is -0.339 e. The molecule has 3 rings (SSSR count). The molecule has 1 aliphatic heterocycles. The second-order valence-electron chi connectivity index (χ2n) is 5.57. The molecule has 1 atom stereocenters. The first-order valence-corrected chi connectivity index (χ1v) is 7.38. The first kappa shape index (κ1) is 15.1. The van der Waals surface area contributed by atoms with Gasteiger partial charge in [-0.1, -0.05) is 5.16 Å². The number of nitrogens with zero attached hydrogens (tertiary/aromatic N) is 4. The Labute approximate surface area is 132 Å². The molecule has 0 radical (unpaired) electrons. The van der Waals surface area contributed by atoms with Crippen molar-refractivity contribution in [3.8, 4) is 0 Å². The number of carbonyl (C=O) groups is 1. The Hall–Kier alpha value is -2.77. The molecule has 0 spiro atoms. The molecule has 0 unspecified atom stereocenters. The molecule has 23 heavy (non-hydrogen) atoms. The number of amides is 1. The highest BCUT2D eigenvalue weighted by molar-refractivity contribution is 5.94. The average Bonchev–Trinajstić information content (AvgIpc) is 3.01. The van der Waals surface area contributed by atoms with Crippen molar-refractivity contribution in [1.29, 1.82) is 0 Å². The van der Waals surface area contributed by atoms with Crippen LogP contribution in [0.1, 0.15) is 40.8 Å². The quantitative estimate of drug-likeness (QED) is 0.636. The Balaban J connectivity index is 1.72. The number of hydrogen-bond acceptors (Lipinski definition) is 6. The lowest BCUT2D eigenvalue weighted by Crippen LogP contribution is -2.39. The lowest BCUT2D eigenvalue weighted by molar-refractivity contribution is -0.384. The van der Waals surface area contributed by atoms with E-state index >= 15 is 0 Å². The predicted molar refractivity (Wildman–Crippen MR) is 80.0 cm³/mol. The summed E-state index contributed by atoms with van der Waals surface area (Å²) in [6.45, 7) is 2.92. The number of benzene rings is 1. The van der Waals surface area contributed by atoms with E-state index in [2.05, 4.69) is 10.1 Å². The van der Waals surface area contributed by atoms with Gasteiger partial charge in [0.2, 0.25) is 5.89 Å². The molecule has 0 bridgehead atoms. The fourth-order valence-electron chi connectivity index (χ4n) is 2.75. The molecule has 8 nitrogen and oxygen atoms in total. The van der Waals surface area contributed by atoms with Crippen LogP contribution in [0.2, 0.25) is 0 Å². The van der Waals surface area contributed by atoms with E-state index in [0.29, 0.717) is 30.4 Å². The fourth-order valence-corrected chi connectivity index (χ4v) is 2.75. The molecule has 8 heteroatoms. The van der Waals surface area contributed by atoms with Crippen LogP contribution >= 0.6 is 0 Å². The summed E-state index contributed by atoms with van der Waals surface area (Å²) in [4.78, 5) is 28.7. The third kappa shape index (κ3) is 3.20. The third-order valence-corrected chi connectivity index (χ3v) is 3.93. The van der Waals surface area contributed by atoms with Gasteiger partial charge in [0, 0.05) is 30.8 Å². The van der Waals surface area contributed by atoms with Gasteiger partial charge in [-0.05, 0) is 31.9 Å². The van der Waals surface area contributed by atoms with Gasteiger partial charge in [-0.25, -0.2) is 0 Å². The Bertz CT molecular complexity index is 725. The smallest absolute Gasteiger partial charge is 0.269 e. The van der Waals surface area contributed by atoms with Gasteiger partial charge in [-0.3, -0.25) is 14.9 Å². The summed E-state index contributed by atoms with van der Waals surface area (Å²) in [5.41, 5.74) is 0.414. The number of rotatable bonds is 3. The molecule has 1 amide bonds. The van der Waals surface area contributed by atoms with Gasteiger partial charge >= 0.3 is 0 Å². The van der Waals surface area contributed by atoms with E-state index in [1.165, 1.54) is 24.3 Å². The lowest BCUT2D eigenvalue weighted by Gasteiger charge is -2.31. The molecule has 120 valence electrons. The van der Waals surface area contributed by atoms with Crippen LogP contribution in [-0.2, 0) is 0 Å². The summed E-state index contributed by atoms with van der Waals surface area (Å²) in [5, 5.41) is 14.5. The van der Waals surface area contributed by atoms with Crippen LogP contribution in [0.15, 0.2) is 28.8 Å². The van der Waals surface area contributed by atoms with Crippen LogP contribution in [0.4, 0.5) is 5.69 Å². The summed E-state index contributed by atoms with van der Waals surface area (Å²) in [7, 11) is 0. The van der Waals surface area contributed by atoms with E-state index in [-0.39, 0.29) is 17.5 Å². The van der Waals surface area contributed by atoms with Crippen molar-refractivity contribution in [2.24, 2.45) is 0 Å². The zero-order chi connectivity index (χ0) is 16.4. The molecule has 0 saturated carbocycles. The molecule has 1 aromatic carbocycles. The summed E-state index contributed by atoms with van der Waals surface area (Å²) in [6.07, 6.45) is 1.75. The molecule has 2 heterocycles. The Morgan fingerprint density at radius 1 is 1.39 bits per heavy atom.